The lowest BCUT2D eigenvalue weighted by Gasteiger charge is -2.20. The number of H-pyrrole nitrogens is 1. The van der Waals surface area contributed by atoms with Crippen LogP contribution in [0.1, 0.15) is 37.7 Å². The third-order valence-electron chi connectivity index (χ3n) is 5.62. The molecule has 1 saturated carbocycles. The van der Waals surface area contributed by atoms with E-state index in [2.05, 4.69) is 27.6 Å². The summed E-state index contributed by atoms with van der Waals surface area (Å²) < 4.78 is 11.1. The zero-order chi connectivity index (χ0) is 20.3. The Hall–Kier alpha value is -2.67. The number of anilines is 1. The molecule has 1 fully saturated rings. The average Bonchev–Trinajstić information content (AvgIpc) is 3.16. The van der Waals surface area contributed by atoms with Crippen LogP contribution >= 0.6 is 11.8 Å². The number of rotatable bonds is 5. The van der Waals surface area contributed by atoms with E-state index in [1.165, 1.54) is 37.0 Å². The van der Waals surface area contributed by atoms with Gasteiger partial charge in [-0.25, -0.2) is 0 Å². The predicted molar refractivity (Wildman–Crippen MR) is 119 cm³/mol. The largest absolute Gasteiger partial charge is 0.486 e. The number of carbonyl (C=O) groups excluding carboxylic acids is 1. The molecule has 6 nitrogen and oxygen atoms in total. The Bertz CT molecular complexity index is 1060. The topological polar surface area (TPSA) is 76.2 Å². The third kappa shape index (κ3) is 4.26. The van der Waals surface area contributed by atoms with Gasteiger partial charge in [-0.05, 0) is 48.7 Å². The maximum atomic E-state index is 12.7. The number of aromatic amines is 1. The zero-order valence-electron chi connectivity index (χ0n) is 16.8. The summed E-state index contributed by atoms with van der Waals surface area (Å²) in [7, 11) is 0. The van der Waals surface area contributed by atoms with Crippen molar-refractivity contribution in [1.29, 1.82) is 0 Å². The highest BCUT2D eigenvalue weighted by molar-refractivity contribution is 8.00. The molecule has 1 aliphatic carbocycles. The Morgan fingerprint density at radius 3 is 2.77 bits per heavy atom. The first-order chi connectivity index (χ1) is 14.7. The van der Waals surface area contributed by atoms with Gasteiger partial charge < -0.3 is 14.8 Å². The second-order valence-corrected chi connectivity index (χ2v) is 9.23. The van der Waals surface area contributed by atoms with Crippen molar-refractivity contribution < 1.29 is 14.3 Å². The van der Waals surface area contributed by atoms with Gasteiger partial charge in [-0.15, -0.1) is 11.8 Å². The highest BCUT2D eigenvalue weighted by Crippen LogP contribution is 2.36. The number of aromatic nitrogens is 2. The van der Waals surface area contributed by atoms with Crippen LogP contribution in [0.4, 0.5) is 5.82 Å². The Balaban J connectivity index is 1.28. The lowest BCUT2D eigenvalue weighted by molar-refractivity contribution is -0.115. The molecule has 2 N–H and O–H groups in total. The number of hydrogen-bond acceptors (Lipinski definition) is 5. The van der Waals surface area contributed by atoms with E-state index in [1.54, 1.807) is 0 Å². The number of hydrogen-bond donors (Lipinski definition) is 2. The van der Waals surface area contributed by atoms with Gasteiger partial charge in [0.05, 0.1) is 11.9 Å². The van der Waals surface area contributed by atoms with Crippen molar-refractivity contribution in [2.45, 2.75) is 48.7 Å². The number of nitrogens with zero attached hydrogens (tertiary/aromatic N) is 1. The molecule has 2 heterocycles. The van der Waals surface area contributed by atoms with Gasteiger partial charge in [0.1, 0.15) is 13.2 Å². The molecule has 0 radical (unpaired) electrons. The van der Waals surface area contributed by atoms with Crippen molar-refractivity contribution in [1.82, 2.24) is 10.2 Å². The summed E-state index contributed by atoms with van der Waals surface area (Å²) in [6.45, 7) is 1.09. The summed E-state index contributed by atoms with van der Waals surface area (Å²) in [4.78, 5) is 13.9. The summed E-state index contributed by atoms with van der Waals surface area (Å²) in [5.74, 6) is 1.90. The first kappa shape index (κ1) is 19.3. The van der Waals surface area contributed by atoms with Crippen LogP contribution < -0.4 is 14.8 Å². The number of benzene rings is 2. The maximum absolute atomic E-state index is 12.7. The number of nitrogens with one attached hydrogen (secondary N) is 2. The molecule has 3 aromatic rings. The molecule has 156 valence electrons. The van der Waals surface area contributed by atoms with Gasteiger partial charge in [0.2, 0.25) is 5.91 Å². The lowest BCUT2D eigenvalue weighted by atomic mass is 10.0. The molecule has 1 aromatic heterocycles. The SMILES string of the molecule is O=C(Cc1ccc2c(c1)OCCO2)Nc1n[nH]c2ccc(SC3CCCCC3)cc12. The summed E-state index contributed by atoms with van der Waals surface area (Å²) in [6.07, 6.45) is 6.83. The van der Waals surface area contributed by atoms with Crippen LogP contribution in [-0.4, -0.2) is 34.6 Å². The Kier molecular flexibility index (Phi) is 5.53. The molecule has 0 atom stereocenters. The average molecular weight is 424 g/mol. The van der Waals surface area contributed by atoms with Crippen LogP contribution in [-0.2, 0) is 11.2 Å². The maximum Gasteiger partial charge on any atom is 0.230 e. The van der Waals surface area contributed by atoms with Gasteiger partial charge in [0.15, 0.2) is 17.3 Å². The van der Waals surface area contributed by atoms with Crippen molar-refractivity contribution in [2.75, 3.05) is 18.5 Å². The number of carbonyl (C=O) groups is 1. The fourth-order valence-corrected chi connectivity index (χ4v) is 5.38. The van der Waals surface area contributed by atoms with Crippen LogP contribution in [0.2, 0.25) is 0 Å². The second-order valence-electron chi connectivity index (χ2n) is 7.86. The molecule has 7 heteroatoms. The molecule has 0 unspecified atom stereocenters. The first-order valence-electron chi connectivity index (χ1n) is 10.6. The third-order valence-corrected chi connectivity index (χ3v) is 6.95. The molecule has 2 aromatic carbocycles. The second kappa shape index (κ2) is 8.60. The molecule has 30 heavy (non-hydrogen) atoms. The van der Waals surface area contributed by atoms with E-state index in [-0.39, 0.29) is 12.3 Å². The quantitative estimate of drug-likeness (QED) is 0.608. The molecular formula is C23H25N3O3S. The Morgan fingerprint density at radius 1 is 1.07 bits per heavy atom. The van der Waals surface area contributed by atoms with Crippen molar-refractivity contribution in [3.63, 3.8) is 0 Å². The standard InChI is InChI=1S/C23H25N3O3S/c27-22(13-15-6-9-20-21(12-15)29-11-10-28-20)24-23-18-14-17(7-8-19(18)25-26-23)30-16-4-2-1-3-5-16/h6-9,12,14,16H,1-5,10-11,13H2,(H2,24,25,26,27). The van der Waals surface area contributed by atoms with Gasteiger partial charge in [0, 0.05) is 15.5 Å². The van der Waals surface area contributed by atoms with E-state index < -0.39 is 0 Å². The minimum absolute atomic E-state index is 0.106. The van der Waals surface area contributed by atoms with Crippen LogP contribution in [0.5, 0.6) is 11.5 Å². The van der Waals surface area contributed by atoms with Gasteiger partial charge in [-0.3, -0.25) is 9.89 Å². The normalized spacial score (nSPS) is 16.5. The summed E-state index contributed by atoms with van der Waals surface area (Å²) in [5, 5.41) is 11.9. The lowest BCUT2D eigenvalue weighted by Crippen LogP contribution is -2.17. The molecule has 0 spiro atoms. The van der Waals surface area contributed by atoms with Gasteiger partial charge in [0.25, 0.3) is 0 Å². The predicted octanol–water partition coefficient (Wildman–Crippen LogP) is 4.94. The van der Waals surface area contributed by atoms with E-state index in [1.807, 2.05) is 36.0 Å². The van der Waals surface area contributed by atoms with Crippen LogP contribution in [0.15, 0.2) is 41.3 Å². The van der Waals surface area contributed by atoms with Crippen molar-refractivity contribution in [3.8, 4) is 11.5 Å². The fraction of sp³-hybridized carbons (Fsp3) is 0.391. The molecule has 0 bridgehead atoms. The van der Waals surface area contributed by atoms with E-state index in [4.69, 9.17) is 9.47 Å². The molecule has 0 saturated heterocycles. The Labute approximate surface area is 179 Å². The van der Waals surface area contributed by atoms with Gasteiger partial charge in [-0.2, -0.15) is 5.10 Å². The van der Waals surface area contributed by atoms with Crippen LogP contribution in [0, 0.1) is 0 Å². The summed E-state index contributed by atoms with van der Waals surface area (Å²) in [6, 6.07) is 11.9. The van der Waals surface area contributed by atoms with E-state index in [0.717, 1.165) is 22.2 Å². The molecule has 1 amide bonds. The smallest absolute Gasteiger partial charge is 0.230 e. The van der Waals surface area contributed by atoms with E-state index in [0.29, 0.717) is 30.0 Å². The van der Waals surface area contributed by atoms with E-state index >= 15 is 0 Å². The monoisotopic (exact) mass is 423 g/mol. The van der Waals surface area contributed by atoms with Gasteiger partial charge >= 0.3 is 0 Å². The number of amides is 1. The minimum atomic E-state index is -0.106. The molecule has 2 aliphatic rings. The van der Waals surface area contributed by atoms with E-state index in [9.17, 15) is 4.79 Å². The Morgan fingerprint density at radius 2 is 1.90 bits per heavy atom. The number of ether oxygens (including phenoxy) is 2. The minimum Gasteiger partial charge on any atom is -0.486 e. The first-order valence-corrected chi connectivity index (χ1v) is 11.5. The summed E-state index contributed by atoms with van der Waals surface area (Å²) in [5.41, 5.74) is 1.81. The van der Waals surface area contributed by atoms with Crippen molar-refractivity contribution in [3.05, 3.63) is 42.0 Å². The number of thioether (sulfide) groups is 1. The highest BCUT2D eigenvalue weighted by Gasteiger charge is 2.17. The summed E-state index contributed by atoms with van der Waals surface area (Å²) >= 11 is 1.95. The van der Waals surface area contributed by atoms with Crippen LogP contribution in [0.25, 0.3) is 10.9 Å². The molecule has 1 aliphatic heterocycles. The zero-order valence-corrected chi connectivity index (χ0v) is 17.6. The van der Waals surface area contributed by atoms with Gasteiger partial charge in [-0.1, -0.05) is 25.3 Å². The van der Waals surface area contributed by atoms with Crippen molar-refractivity contribution in [2.24, 2.45) is 0 Å². The number of fused-ring (bicyclic) bond motifs is 2. The molecule has 5 rings (SSSR count). The van der Waals surface area contributed by atoms with Crippen LogP contribution in [0.3, 0.4) is 0 Å². The van der Waals surface area contributed by atoms with Crippen molar-refractivity contribution >= 4 is 34.4 Å². The fourth-order valence-electron chi connectivity index (χ4n) is 4.10. The molecular weight excluding hydrogens is 398 g/mol. The highest BCUT2D eigenvalue weighted by atomic mass is 32.2.